The molecule has 0 radical (unpaired) electrons. The molecular weight excluding hydrogens is 266 g/mol. The van der Waals surface area contributed by atoms with Crippen LogP contribution in [0.15, 0.2) is 23.1 Å². The van der Waals surface area contributed by atoms with Crippen LogP contribution in [-0.4, -0.2) is 24.2 Å². The highest BCUT2D eigenvalue weighted by Gasteiger charge is 2.25. The lowest BCUT2D eigenvalue weighted by molar-refractivity contribution is 0.241. The van der Waals surface area contributed by atoms with Gasteiger partial charge in [0.05, 0.1) is 0 Å². The molecule has 0 fully saturated rings. The molecule has 0 aliphatic rings. The van der Waals surface area contributed by atoms with Gasteiger partial charge in [-0.05, 0) is 45.9 Å². The van der Waals surface area contributed by atoms with E-state index < -0.39 is 0 Å². The van der Waals surface area contributed by atoms with Gasteiger partial charge in [-0.15, -0.1) is 0 Å². The third-order valence-corrected chi connectivity index (χ3v) is 4.21. The summed E-state index contributed by atoms with van der Waals surface area (Å²) >= 11 is 1.29. The van der Waals surface area contributed by atoms with E-state index in [1.165, 1.54) is 22.9 Å². The van der Waals surface area contributed by atoms with Crippen molar-refractivity contribution in [2.24, 2.45) is 0 Å². The number of rotatable bonds is 1. The van der Waals surface area contributed by atoms with Crippen molar-refractivity contribution in [2.45, 2.75) is 57.3 Å². The van der Waals surface area contributed by atoms with Crippen LogP contribution in [0.1, 0.15) is 52.7 Å². The number of thioether (sulfide) groups is 1. The molecule has 1 amide bonds. The van der Waals surface area contributed by atoms with Crippen molar-refractivity contribution in [1.82, 2.24) is 4.90 Å². The molecule has 1 rings (SSSR count). The summed E-state index contributed by atoms with van der Waals surface area (Å²) in [5.41, 5.74) is 2.85. The average Bonchev–Trinajstić information content (AvgIpc) is 2.26. The van der Waals surface area contributed by atoms with Gasteiger partial charge in [-0.2, -0.15) is 0 Å². The van der Waals surface area contributed by atoms with Gasteiger partial charge in [0.1, 0.15) is 0 Å². The van der Waals surface area contributed by atoms with E-state index >= 15 is 0 Å². The van der Waals surface area contributed by atoms with Crippen LogP contribution in [-0.2, 0) is 10.8 Å². The summed E-state index contributed by atoms with van der Waals surface area (Å²) in [4.78, 5) is 14.5. The van der Waals surface area contributed by atoms with Crippen molar-refractivity contribution in [3.63, 3.8) is 0 Å². The van der Waals surface area contributed by atoms with Crippen LogP contribution in [0.25, 0.3) is 0 Å². The Kier molecular flexibility index (Phi) is 4.96. The van der Waals surface area contributed by atoms with Gasteiger partial charge >= 0.3 is 0 Å². The minimum Gasteiger partial charge on any atom is -0.339 e. The van der Waals surface area contributed by atoms with E-state index in [9.17, 15) is 4.79 Å². The molecule has 0 saturated carbocycles. The second-order valence-electron chi connectivity index (χ2n) is 7.47. The van der Waals surface area contributed by atoms with Crippen LogP contribution in [0, 0.1) is 0 Å². The third-order valence-electron chi connectivity index (χ3n) is 3.18. The molecule has 2 nitrogen and oxygen atoms in total. The first-order chi connectivity index (χ1) is 8.93. The molecule has 0 heterocycles. The first kappa shape index (κ1) is 17.1. The molecule has 0 atom stereocenters. The van der Waals surface area contributed by atoms with Gasteiger partial charge in [-0.3, -0.25) is 4.79 Å². The summed E-state index contributed by atoms with van der Waals surface area (Å²) in [6.45, 7) is 13.4. The summed E-state index contributed by atoms with van der Waals surface area (Å²) in [6, 6.07) is 6.40. The summed E-state index contributed by atoms with van der Waals surface area (Å²) in [5.74, 6) is 0. The van der Waals surface area contributed by atoms with Crippen LogP contribution in [0.3, 0.4) is 0 Å². The fourth-order valence-corrected chi connectivity index (χ4v) is 2.75. The zero-order valence-corrected chi connectivity index (χ0v) is 14.8. The van der Waals surface area contributed by atoms with Crippen LogP contribution in [0.5, 0.6) is 0 Å². The lowest BCUT2D eigenvalue weighted by Crippen LogP contribution is -2.22. The Bertz CT molecular complexity index is 493. The van der Waals surface area contributed by atoms with Crippen molar-refractivity contribution in [1.29, 1.82) is 0 Å². The Labute approximate surface area is 127 Å². The number of carbonyl (C=O) groups is 1. The fraction of sp³-hybridized carbons (Fsp3) is 0.588. The van der Waals surface area contributed by atoms with Gasteiger partial charge in [0, 0.05) is 19.0 Å². The van der Waals surface area contributed by atoms with Crippen LogP contribution < -0.4 is 0 Å². The first-order valence-corrected chi connectivity index (χ1v) is 7.78. The smallest absolute Gasteiger partial charge is 0.285 e. The Balaban J connectivity index is 3.26. The van der Waals surface area contributed by atoms with Gasteiger partial charge in [-0.25, -0.2) is 0 Å². The zero-order valence-electron chi connectivity index (χ0n) is 14.0. The van der Waals surface area contributed by atoms with Crippen LogP contribution >= 0.6 is 11.8 Å². The fourth-order valence-electron chi connectivity index (χ4n) is 2.05. The van der Waals surface area contributed by atoms with Gasteiger partial charge in [0.2, 0.25) is 0 Å². The molecule has 0 spiro atoms. The Morgan fingerprint density at radius 2 is 1.45 bits per heavy atom. The molecule has 0 aliphatic carbocycles. The molecule has 0 aromatic heterocycles. The van der Waals surface area contributed by atoms with E-state index in [4.69, 9.17) is 0 Å². The number of nitrogens with zero attached hydrogens (tertiary/aromatic N) is 1. The van der Waals surface area contributed by atoms with E-state index in [1.807, 2.05) is 0 Å². The zero-order chi connectivity index (χ0) is 15.7. The number of hydrogen-bond acceptors (Lipinski definition) is 2. The standard InChI is InChI=1S/C17H27NOS/c1-16(2,3)13-10-9-12(20-15(19)18(7)8)11-14(13)17(4,5)6/h9-11H,1-8H3. The molecule has 0 unspecified atom stereocenters. The molecule has 0 saturated heterocycles. The number of amides is 1. The Morgan fingerprint density at radius 3 is 1.85 bits per heavy atom. The Hall–Kier alpha value is -0.960. The largest absolute Gasteiger partial charge is 0.339 e. The molecule has 1 aromatic rings. The molecule has 20 heavy (non-hydrogen) atoms. The highest BCUT2D eigenvalue weighted by atomic mass is 32.2. The molecule has 0 N–H and O–H groups in total. The topological polar surface area (TPSA) is 20.3 Å². The summed E-state index contributed by atoms with van der Waals surface area (Å²) in [5, 5.41) is 0.0633. The van der Waals surface area contributed by atoms with Crippen molar-refractivity contribution in [3.05, 3.63) is 29.3 Å². The maximum atomic E-state index is 11.8. The highest BCUT2D eigenvalue weighted by molar-refractivity contribution is 8.13. The van der Waals surface area contributed by atoms with Crippen LogP contribution in [0.4, 0.5) is 4.79 Å². The highest BCUT2D eigenvalue weighted by Crippen LogP contribution is 2.36. The Morgan fingerprint density at radius 1 is 0.950 bits per heavy atom. The van der Waals surface area contributed by atoms with E-state index in [1.54, 1.807) is 19.0 Å². The minimum absolute atomic E-state index is 0.0633. The van der Waals surface area contributed by atoms with E-state index in [0.717, 1.165) is 4.90 Å². The summed E-state index contributed by atoms with van der Waals surface area (Å²) < 4.78 is 0. The maximum absolute atomic E-state index is 11.8. The molecule has 3 heteroatoms. The van der Waals surface area contributed by atoms with Crippen molar-refractivity contribution in [3.8, 4) is 0 Å². The van der Waals surface area contributed by atoms with Crippen molar-refractivity contribution >= 4 is 17.0 Å². The van der Waals surface area contributed by atoms with E-state index in [-0.39, 0.29) is 16.1 Å². The quantitative estimate of drug-likeness (QED) is 0.675. The number of carbonyl (C=O) groups excluding carboxylic acids is 1. The second kappa shape index (κ2) is 5.80. The number of hydrogen-bond donors (Lipinski definition) is 0. The normalized spacial score (nSPS) is 12.4. The van der Waals surface area contributed by atoms with Gasteiger partial charge in [0.25, 0.3) is 5.24 Å². The lowest BCUT2D eigenvalue weighted by Gasteiger charge is -2.30. The first-order valence-electron chi connectivity index (χ1n) is 6.97. The van der Waals surface area contributed by atoms with Crippen molar-refractivity contribution in [2.75, 3.05) is 14.1 Å². The predicted molar refractivity (Wildman–Crippen MR) is 88.8 cm³/mol. The second-order valence-corrected chi connectivity index (χ2v) is 8.49. The summed E-state index contributed by atoms with van der Waals surface area (Å²) in [6.07, 6.45) is 0. The van der Waals surface area contributed by atoms with E-state index in [2.05, 4.69) is 59.7 Å². The number of benzene rings is 1. The molecule has 0 bridgehead atoms. The molecule has 0 aliphatic heterocycles. The van der Waals surface area contributed by atoms with Gasteiger partial charge in [-0.1, -0.05) is 47.6 Å². The maximum Gasteiger partial charge on any atom is 0.285 e. The molecule has 112 valence electrons. The monoisotopic (exact) mass is 293 g/mol. The van der Waals surface area contributed by atoms with Gasteiger partial charge < -0.3 is 4.90 Å². The lowest BCUT2D eigenvalue weighted by atomic mass is 9.75. The molecule has 1 aromatic carbocycles. The third kappa shape index (κ3) is 4.27. The predicted octanol–water partition coefficient (Wildman–Crippen LogP) is 5.06. The SMILES string of the molecule is CN(C)C(=O)Sc1ccc(C(C)(C)C)c(C(C)(C)C)c1. The van der Waals surface area contributed by atoms with Crippen molar-refractivity contribution < 1.29 is 4.79 Å². The van der Waals surface area contributed by atoms with Crippen LogP contribution in [0.2, 0.25) is 0 Å². The minimum atomic E-state index is 0.0633. The van der Waals surface area contributed by atoms with Gasteiger partial charge in [0.15, 0.2) is 0 Å². The average molecular weight is 293 g/mol. The molecular formula is C17H27NOS. The van der Waals surface area contributed by atoms with E-state index in [0.29, 0.717) is 0 Å². The summed E-state index contributed by atoms with van der Waals surface area (Å²) in [7, 11) is 3.56.